The second-order valence-corrected chi connectivity index (χ2v) is 8.46. The van der Waals surface area contributed by atoms with Gasteiger partial charge in [-0.15, -0.1) is 0 Å². The number of benzene rings is 1. The molecule has 0 amide bonds. The van der Waals surface area contributed by atoms with E-state index in [1.807, 2.05) is 19.0 Å². The van der Waals surface area contributed by atoms with Gasteiger partial charge in [-0.05, 0) is 44.5 Å². The molecule has 21 heavy (non-hydrogen) atoms. The molecule has 0 radical (unpaired) electrons. The third-order valence-corrected chi connectivity index (χ3v) is 6.51. The fourth-order valence-corrected chi connectivity index (χ4v) is 5.29. The van der Waals surface area contributed by atoms with Gasteiger partial charge in [0, 0.05) is 24.9 Å². The molecule has 1 aromatic rings. The van der Waals surface area contributed by atoms with Crippen molar-refractivity contribution in [2.24, 2.45) is 0 Å². The minimum atomic E-state index is -3.65. The van der Waals surface area contributed by atoms with Crippen LogP contribution in [0.2, 0.25) is 0 Å². The van der Waals surface area contributed by atoms with Crippen molar-refractivity contribution in [3.63, 3.8) is 0 Å². The summed E-state index contributed by atoms with van der Waals surface area (Å²) in [7, 11) is 0.217. The van der Waals surface area contributed by atoms with Gasteiger partial charge < -0.3 is 4.90 Å². The molecule has 1 unspecified atom stereocenters. The van der Waals surface area contributed by atoms with Crippen LogP contribution in [0.15, 0.2) is 29.2 Å². The third kappa shape index (κ3) is 4.18. The molecular formula is C14H21FN2O2S2. The van der Waals surface area contributed by atoms with Gasteiger partial charge in [0.15, 0.2) is 0 Å². The number of hydrogen-bond donors (Lipinski definition) is 0. The zero-order valence-corrected chi connectivity index (χ0v) is 14.0. The molecule has 0 aliphatic carbocycles. The van der Waals surface area contributed by atoms with Gasteiger partial charge in [-0.1, -0.05) is 6.07 Å². The summed E-state index contributed by atoms with van der Waals surface area (Å²) in [6.07, 6.45) is 0.823. The Balaban J connectivity index is 2.34. The van der Waals surface area contributed by atoms with Crippen LogP contribution in [0.1, 0.15) is 6.42 Å². The van der Waals surface area contributed by atoms with E-state index in [1.165, 1.54) is 18.2 Å². The van der Waals surface area contributed by atoms with Crippen molar-refractivity contribution < 1.29 is 12.8 Å². The quantitative estimate of drug-likeness (QED) is 0.844. The fourth-order valence-electron chi connectivity index (χ4n) is 2.45. The molecule has 7 heteroatoms. The van der Waals surface area contributed by atoms with Crippen LogP contribution >= 0.6 is 11.8 Å². The van der Waals surface area contributed by atoms with Crippen molar-refractivity contribution in [3.05, 3.63) is 30.1 Å². The Morgan fingerprint density at radius 1 is 1.43 bits per heavy atom. The Morgan fingerprint density at radius 2 is 2.19 bits per heavy atom. The van der Waals surface area contributed by atoms with Gasteiger partial charge in [0.25, 0.3) is 0 Å². The van der Waals surface area contributed by atoms with E-state index < -0.39 is 15.8 Å². The van der Waals surface area contributed by atoms with E-state index in [4.69, 9.17) is 0 Å². The second kappa shape index (κ2) is 7.09. The van der Waals surface area contributed by atoms with Crippen LogP contribution < -0.4 is 0 Å². The predicted octanol–water partition coefficient (Wildman–Crippen LogP) is 1.88. The van der Waals surface area contributed by atoms with Crippen molar-refractivity contribution >= 4 is 21.8 Å². The lowest BCUT2D eigenvalue weighted by molar-refractivity contribution is 0.271. The molecule has 0 aromatic heterocycles. The molecule has 1 aromatic carbocycles. The van der Waals surface area contributed by atoms with Crippen molar-refractivity contribution in [2.75, 3.05) is 38.7 Å². The third-order valence-electron chi connectivity index (χ3n) is 3.36. The highest BCUT2D eigenvalue weighted by Crippen LogP contribution is 2.25. The summed E-state index contributed by atoms with van der Waals surface area (Å²) in [4.78, 5) is 2.03. The molecule has 0 N–H and O–H groups in total. The Kier molecular flexibility index (Phi) is 5.65. The number of nitrogens with zero attached hydrogens (tertiary/aromatic N) is 2. The highest BCUT2D eigenvalue weighted by Gasteiger charge is 2.33. The van der Waals surface area contributed by atoms with Gasteiger partial charge in [0.05, 0.1) is 4.90 Å². The number of sulfonamides is 1. The summed E-state index contributed by atoms with van der Waals surface area (Å²) in [6, 6.07) is 5.17. The van der Waals surface area contributed by atoms with Gasteiger partial charge in [-0.2, -0.15) is 16.1 Å². The molecule has 1 aliphatic rings. The van der Waals surface area contributed by atoms with Gasteiger partial charge >= 0.3 is 0 Å². The summed E-state index contributed by atoms with van der Waals surface area (Å²) in [6.45, 7) is 1.16. The van der Waals surface area contributed by atoms with E-state index in [0.717, 1.165) is 24.0 Å². The molecular weight excluding hydrogens is 311 g/mol. The zero-order valence-electron chi connectivity index (χ0n) is 12.3. The van der Waals surface area contributed by atoms with Crippen LogP contribution in [-0.2, 0) is 10.0 Å². The molecule has 118 valence electrons. The lowest BCUT2D eigenvalue weighted by atomic mass is 10.3. The largest absolute Gasteiger partial charge is 0.308 e. The van der Waals surface area contributed by atoms with Crippen LogP contribution in [-0.4, -0.2) is 62.4 Å². The molecule has 2 rings (SSSR count). The van der Waals surface area contributed by atoms with Crippen molar-refractivity contribution in [1.29, 1.82) is 0 Å². The first-order valence-electron chi connectivity index (χ1n) is 6.91. The lowest BCUT2D eigenvalue weighted by Gasteiger charge is -2.30. The van der Waals surface area contributed by atoms with E-state index >= 15 is 0 Å². The van der Waals surface area contributed by atoms with Crippen LogP contribution in [0.5, 0.6) is 0 Å². The van der Waals surface area contributed by atoms with E-state index in [9.17, 15) is 12.8 Å². The number of halogens is 1. The highest BCUT2D eigenvalue weighted by atomic mass is 32.2. The van der Waals surface area contributed by atoms with Gasteiger partial charge in [-0.3, -0.25) is 0 Å². The smallest absolute Gasteiger partial charge is 0.243 e. The summed E-state index contributed by atoms with van der Waals surface area (Å²) in [5.41, 5.74) is 0. The maximum atomic E-state index is 13.4. The first-order chi connectivity index (χ1) is 9.91. The predicted molar refractivity (Wildman–Crippen MR) is 84.6 cm³/mol. The standard InChI is InChI=1S/C14H21FN2O2S2/c1-16(2)10-13-11-20-8-4-7-17(13)21(18,19)14-6-3-5-12(15)9-14/h3,5-6,9,13H,4,7-8,10-11H2,1-2H3. The number of thioether (sulfide) groups is 1. The maximum Gasteiger partial charge on any atom is 0.243 e. The van der Waals surface area contributed by atoms with Crippen molar-refractivity contribution in [1.82, 2.24) is 9.21 Å². The maximum absolute atomic E-state index is 13.4. The van der Waals surface area contributed by atoms with E-state index in [-0.39, 0.29) is 10.9 Å². The molecule has 1 atom stereocenters. The van der Waals surface area contributed by atoms with Crippen molar-refractivity contribution in [2.45, 2.75) is 17.4 Å². The Hall–Kier alpha value is -0.630. The number of likely N-dealkylation sites (N-methyl/N-ethyl adjacent to an activating group) is 1. The molecule has 0 bridgehead atoms. The van der Waals surface area contributed by atoms with Gasteiger partial charge in [-0.25, -0.2) is 12.8 Å². The normalized spacial score (nSPS) is 21.4. The first-order valence-corrected chi connectivity index (χ1v) is 9.50. The zero-order chi connectivity index (χ0) is 15.5. The molecule has 4 nitrogen and oxygen atoms in total. The van der Waals surface area contributed by atoms with Crippen LogP contribution in [0, 0.1) is 5.82 Å². The molecule has 1 saturated heterocycles. The molecule has 0 saturated carbocycles. The Labute approximate surface area is 130 Å². The van der Waals surface area contributed by atoms with Crippen LogP contribution in [0.4, 0.5) is 4.39 Å². The Morgan fingerprint density at radius 3 is 2.86 bits per heavy atom. The minimum absolute atomic E-state index is 0.0400. The number of rotatable bonds is 4. The minimum Gasteiger partial charge on any atom is -0.308 e. The molecule has 1 heterocycles. The average Bonchev–Trinajstić information content (AvgIpc) is 2.64. The van der Waals surface area contributed by atoms with Gasteiger partial charge in [0.2, 0.25) is 10.0 Å². The Bertz CT molecular complexity index is 578. The highest BCUT2D eigenvalue weighted by molar-refractivity contribution is 7.99. The average molecular weight is 332 g/mol. The summed E-state index contributed by atoms with van der Waals surface area (Å²) >= 11 is 1.78. The topological polar surface area (TPSA) is 40.6 Å². The van der Waals surface area contributed by atoms with Crippen LogP contribution in [0.3, 0.4) is 0 Å². The first kappa shape index (κ1) is 16.7. The number of hydrogen-bond acceptors (Lipinski definition) is 4. The van der Waals surface area contributed by atoms with E-state index in [2.05, 4.69) is 0 Å². The summed E-state index contributed by atoms with van der Waals surface area (Å²) in [5, 5.41) is 0. The van der Waals surface area contributed by atoms with E-state index in [1.54, 1.807) is 16.1 Å². The van der Waals surface area contributed by atoms with Gasteiger partial charge in [0.1, 0.15) is 5.82 Å². The lowest BCUT2D eigenvalue weighted by Crippen LogP contribution is -2.46. The monoisotopic (exact) mass is 332 g/mol. The van der Waals surface area contributed by atoms with Crippen molar-refractivity contribution in [3.8, 4) is 0 Å². The molecule has 1 fully saturated rings. The molecule has 0 spiro atoms. The van der Waals surface area contributed by atoms with E-state index in [0.29, 0.717) is 13.1 Å². The second-order valence-electron chi connectivity index (χ2n) is 5.42. The summed E-state index contributed by atoms with van der Waals surface area (Å²) < 4.78 is 40.5. The van der Waals surface area contributed by atoms with Crippen LogP contribution in [0.25, 0.3) is 0 Å². The SMILES string of the molecule is CN(C)CC1CSCCCN1S(=O)(=O)c1cccc(F)c1. The fraction of sp³-hybridized carbons (Fsp3) is 0.571. The molecule has 1 aliphatic heterocycles. The summed E-state index contributed by atoms with van der Waals surface area (Å²) in [5.74, 6) is 1.20.